The van der Waals surface area contributed by atoms with Crippen molar-refractivity contribution in [1.82, 2.24) is 4.98 Å². The topological polar surface area (TPSA) is 42.0 Å². The average molecular weight is 176 g/mol. The van der Waals surface area contributed by atoms with Crippen LogP contribution < -0.4 is 5.32 Å². The molecule has 1 aliphatic heterocycles. The zero-order valence-electron chi connectivity index (χ0n) is 7.79. The first-order chi connectivity index (χ1) is 6.18. The summed E-state index contributed by atoms with van der Waals surface area (Å²) >= 11 is 0. The molecule has 2 heterocycles. The lowest BCUT2D eigenvalue weighted by Crippen LogP contribution is -2.00. The number of pyridine rings is 1. The molecule has 3 heteroatoms. The molecular weight excluding hydrogens is 164 g/mol. The minimum atomic E-state index is 0.144. The molecule has 0 fully saturated rings. The molecule has 1 aliphatic rings. The number of hydrogen-bond acceptors (Lipinski definition) is 3. The highest BCUT2D eigenvalue weighted by atomic mass is 16.1. The van der Waals surface area contributed by atoms with Crippen LogP contribution in [0, 0.1) is 0 Å². The number of Topliss-reactive ketones (excluding diaryl/α,β-unsaturated/α-hetero) is 1. The Kier molecular flexibility index (Phi) is 1.79. The van der Waals surface area contributed by atoms with Crippen LogP contribution in [-0.2, 0) is 0 Å². The van der Waals surface area contributed by atoms with Crippen LogP contribution in [0.15, 0.2) is 12.3 Å². The Morgan fingerprint density at radius 3 is 3.00 bits per heavy atom. The van der Waals surface area contributed by atoms with Gasteiger partial charge in [-0.15, -0.1) is 0 Å². The third-order valence-corrected chi connectivity index (χ3v) is 2.29. The number of carbonyl (C=O) groups is 1. The summed E-state index contributed by atoms with van der Waals surface area (Å²) in [6.07, 6.45) is 1.83. The van der Waals surface area contributed by atoms with Crippen molar-refractivity contribution >= 4 is 11.6 Å². The van der Waals surface area contributed by atoms with Crippen LogP contribution in [-0.4, -0.2) is 17.3 Å². The van der Waals surface area contributed by atoms with Crippen LogP contribution in [0.3, 0.4) is 0 Å². The van der Waals surface area contributed by atoms with E-state index < -0.39 is 0 Å². The number of rotatable bonds is 1. The van der Waals surface area contributed by atoms with E-state index in [1.807, 2.05) is 12.3 Å². The molecular formula is C10H12N2O. The second-order valence-electron chi connectivity index (χ2n) is 3.60. The fourth-order valence-corrected chi connectivity index (χ4v) is 1.41. The molecule has 0 amide bonds. The molecule has 0 radical (unpaired) electrons. The molecule has 0 aromatic carbocycles. The molecule has 13 heavy (non-hydrogen) atoms. The van der Waals surface area contributed by atoms with Crippen LogP contribution in [0.4, 0.5) is 5.82 Å². The van der Waals surface area contributed by atoms with Crippen molar-refractivity contribution in [2.24, 2.45) is 0 Å². The zero-order valence-corrected chi connectivity index (χ0v) is 7.79. The molecule has 1 aromatic rings. The summed E-state index contributed by atoms with van der Waals surface area (Å²) in [5, 5.41) is 2.96. The molecule has 3 nitrogen and oxygen atoms in total. The molecule has 0 aliphatic carbocycles. The first kappa shape index (κ1) is 8.23. The highest BCUT2D eigenvalue weighted by Gasteiger charge is 2.20. The van der Waals surface area contributed by atoms with Crippen LogP contribution in [0.1, 0.15) is 35.7 Å². The third kappa shape index (κ3) is 1.30. The maximum atomic E-state index is 11.3. The lowest BCUT2D eigenvalue weighted by Gasteiger charge is -2.05. The maximum Gasteiger partial charge on any atom is 0.185 e. The normalized spacial score (nSPS) is 14.5. The predicted molar refractivity (Wildman–Crippen MR) is 51.1 cm³/mol. The SMILES string of the molecule is CC(C)c1cnc2c(c1)C(=O)CN2. The van der Waals surface area contributed by atoms with Crippen molar-refractivity contribution in [3.8, 4) is 0 Å². The summed E-state index contributed by atoms with van der Waals surface area (Å²) < 4.78 is 0. The highest BCUT2D eigenvalue weighted by molar-refractivity contribution is 6.07. The number of fused-ring (bicyclic) bond motifs is 1. The fourth-order valence-electron chi connectivity index (χ4n) is 1.41. The van der Waals surface area contributed by atoms with E-state index in [4.69, 9.17) is 0 Å². The standard InChI is InChI=1S/C10H12N2O/c1-6(2)7-3-8-9(13)5-12-10(8)11-4-7/h3-4,6H,5H2,1-2H3,(H,11,12). The second kappa shape index (κ2) is 2.83. The summed E-state index contributed by atoms with van der Waals surface area (Å²) in [6.45, 7) is 4.58. The molecule has 0 saturated carbocycles. The molecule has 0 spiro atoms. The Morgan fingerprint density at radius 1 is 1.54 bits per heavy atom. The molecule has 2 rings (SSSR count). The van der Waals surface area contributed by atoms with E-state index in [2.05, 4.69) is 24.1 Å². The van der Waals surface area contributed by atoms with Gasteiger partial charge in [-0.05, 0) is 17.5 Å². The summed E-state index contributed by atoms with van der Waals surface area (Å²) in [4.78, 5) is 15.5. The van der Waals surface area contributed by atoms with Gasteiger partial charge < -0.3 is 5.32 Å². The molecule has 0 unspecified atom stereocenters. The Morgan fingerprint density at radius 2 is 2.31 bits per heavy atom. The van der Waals surface area contributed by atoms with Gasteiger partial charge >= 0.3 is 0 Å². The summed E-state index contributed by atoms with van der Waals surface area (Å²) in [7, 11) is 0. The summed E-state index contributed by atoms with van der Waals surface area (Å²) in [5.41, 5.74) is 1.86. The molecule has 68 valence electrons. The molecule has 0 bridgehead atoms. The minimum Gasteiger partial charge on any atom is -0.362 e. The third-order valence-electron chi connectivity index (χ3n) is 2.29. The van der Waals surface area contributed by atoms with Gasteiger partial charge in [0.2, 0.25) is 0 Å². The highest BCUT2D eigenvalue weighted by Crippen LogP contribution is 2.23. The van der Waals surface area contributed by atoms with E-state index in [1.165, 1.54) is 0 Å². The number of ketones is 1. The van der Waals surface area contributed by atoms with Crippen molar-refractivity contribution < 1.29 is 4.79 Å². The van der Waals surface area contributed by atoms with Crippen molar-refractivity contribution in [3.63, 3.8) is 0 Å². The van der Waals surface area contributed by atoms with Crippen molar-refractivity contribution in [2.75, 3.05) is 11.9 Å². The first-order valence-electron chi connectivity index (χ1n) is 4.45. The second-order valence-corrected chi connectivity index (χ2v) is 3.60. The smallest absolute Gasteiger partial charge is 0.185 e. The van der Waals surface area contributed by atoms with Gasteiger partial charge in [-0.2, -0.15) is 0 Å². The van der Waals surface area contributed by atoms with Crippen LogP contribution >= 0.6 is 0 Å². The van der Waals surface area contributed by atoms with Gasteiger partial charge in [-0.1, -0.05) is 13.8 Å². The van der Waals surface area contributed by atoms with Crippen LogP contribution in [0.5, 0.6) is 0 Å². The Labute approximate surface area is 77.2 Å². The lowest BCUT2D eigenvalue weighted by molar-refractivity contribution is 0.101. The average Bonchev–Trinajstić information content (AvgIpc) is 2.47. The van der Waals surface area contributed by atoms with Crippen LogP contribution in [0.2, 0.25) is 0 Å². The Hall–Kier alpha value is -1.38. The lowest BCUT2D eigenvalue weighted by atomic mass is 10.0. The summed E-state index contributed by atoms with van der Waals surface area (Å²) in [6, 6.07) is 1.94. The Balaban J connectivity index is 2.48. The zero-order chi connectivity index (χ0) is 9.42. The Bertz CT molecular complexity index is 358. The molecule has 0 saturated heterocycles. The van der Waals surface area contributed by atoms with Gasteiger partial charge in [0.05, 0.1) is 12.1 Å². The quantitative estimate of drug-likeness (QED) is 0.709. The van der Waals surface area contributed by atoms with Crippen molar-refractivity contribution in [2.45, 2.75) is 19.8 Å². The number of carbonyl (C=O) groups excluding carboxylic acids is 1. The predicted octanol–water partition coefficient (Wildman–Crippen LogP) is 1.81. The van der Waals surface area contributed by atoms with E-state index in [9.17, 15) is 4.79 Å². The fraction of sp³-hybridized carbons (Fsp3) is 0.400. The number of hydrogen-bond donors (Lipinski definition) is 1. The van der Waals surface area contributed by atoms with Crippen molar-refractivity contribution in [3.05, 3.63) is 23.4 Å². The van der Waals surface area contributed by atoms with Gasteiger partial charge in [-0.25, -0.2) is 4.98 Å². The molecule has 1 N–H and O–H groups in total. The van der Waals surface area contributed by atoms with E-state index in [0.29, 0.717) is 12.5 Å². The van der Waals surface area contributed by atoms with Crippen LogP contribution in [0.25, 0.3) is 0 Å². The van der Waals surface area contributed by atoms with Crippen molar-refractivity contribution in [1.29, 1.82) is 0 Å². The monoisotopic (exact) mass is 176 g/mol. The van der Waals surface area contributed by atoms with E-state index in [-0.39, 0.29) is 5.78 Å². The minimum absolute atomic E-state index is 0.144. The maximum absolute atomic E-state index is 11.3. The number of anilines is 1. The van der Waals surface area contributed by atoms with E-state index in [1.54, 1.807) is 0 Å². The molecule has 0 atom stereocenters. The number of nitrogens with zero attached hydrogens (tertiary/aromatic N) is 1. The van der Waals surface area contributed by atoms with E-state index in [0.717, 1.165) is 16.9 Å². The van der Waals surface area contributed by atoms with Gasteiger partial charge in [0.25, 0.3) is 0 Å². The van der Waals surface area contributed by atoms with Gasteiger partial charge in [0.15, 0.2) is 5.78 Å². The molecule has 1 aromatic heterocycles. The number of aromatic nitrogens is 1. The summed E-state index contributed by atoms with van der Waals surface area (Å²) in [5.74, 6) is 1.30. The van der Waals surface area contributed by atoms with Gasteiger partial charge in [0.1, 0.15) is 5.82 Å². The van der Waals surface area contributed by atoms with Gasteiger partial charge in [-0.3, -0.25) is 4.79 Å². The van der Waals surface area contributed by atoms with Gasteiger partial charge in [0, 0.05) is 6.20 Å². The largest absolute Gasteiger partial charge is 0.362 e. The van der Waals surface area contributed by atoms with E-state index >= 15 is 0 Å². The number of nitrogens with one attached hydrogen (secondary N) is 1. The first-order valence-corrected chi connectivity index (χ1v) is 4.45.